The van der Waals surface area contributed by atoms with E-state index in [4.69, 9.17) is 19.1 Å². The number of furan rings is 1. The van der Waals surface area contributed by atoms with Gasteiger partial charge in [-0.25, -0.2) is 4.79 Å². The van der Waals surface area contributed by atoms with Gasteiger partial charge in [0.2, 0.25) is 5.91 Å². The molecular weight excluding hydrogens is 357 g/mol. The lowest BCUT2D eigenvalue weighted by molar-refractivity contribution is -0.192. The number of nitrogens with zero attached hydrogens (tertiary/aromatic N) is 2. The monoisotopic (exact) mass is 376 g/mol. The quantitative estimate of drug-likeness (QED) is 0.802. The molecule has 0 aliphatic carbocycles. The van der Waals surface area contributed by atoms with Crippen LogP contribution in [0.3, 0.4) is 0 Å². The van der Waals surface area contributed by atoms with E-state index in [0.29, 0.717) is 6.54 Å². The van der Waals surface area contributed by atoms with Gasteiger partial charge in [0.1, 0.15) is 12.4 Å². The predicted molar refractivity (Wildman–Crippen MR) is 83.1 cm³/mol. The maximum atomic E-state index is 11.9. The summed E-state index contributed by atoms with van der Waals surface area (Å²) in [6.45, 7) is 6.93. The Kier molecular flexibility index (Phi) is 6.43. The van der Waals surface area contributed by atoms with Crippen molar-refractivity contribution in [2.75, 3.05) is 26.2 Å². The summed E-state index contributed by atoms with van der Waals surface area (Å²) in [6.07, 6.45) is -1.52. The number of carbonyl (C=O) groups is 2. The zero-order valence-electron chi connectivity index (χ0n) is 13.8. The lowest BCUT2D eigenvalue weighted by Gasteiger charge is -2.36. The molecule has 1 aromatic rings. The van der Waals surface area contributed by atoms with Crippen molar-refractivity contribution >= 4 is 11.9 Å². The molecule has 144 valence electrons. The van der Waals surface area contributed by atoms with Gasteiger partial charge in [-0.15, -0.1) is 6.58 Å². The molecule has 0 unspecified atom stereocenters. The lowest BCUT2D eigenvalue weighted by Crippen LogP contribution is -2.53. The number of carbonyl (C=O) groups excluding carboxylic acids is 1. The van der Waals surface area contributed by atoms with Crippen LogP contribution in [0.1, 0.15) is 5.76 Å². The Bertz CT molecular complexity index is 632. The molecule has 2 aliphatic heterocycles. The largest absolute Gasteiger partial charge is 0.490 e. The summed E-state index contributed by atoms with van der Waals surface area (Å²) < 4.78 is 42.7. The van der Waals surface area contributed by atoms with Gasteiger partial charge in [0.25, 0.3) is 0 Å². The average molecular weight is 376 g/mol. The van der Waals surface area contributed by atoms with E-state index >= 15 is 0 Å². The maximum Gasteiger partial charge on any atom is 0.490 e. The molecule has 2 saturated heterocycles. The van der Waals surface area contributed by atoms with Gasteiger partial charge in [0, 0.05) is 19.6 Å². The summed E-state index contributed by atoms with van der Waals surface area (Å²) >= 11 is 0. The molecular formula is C16H19F3N2O5. The Balaban J connectivity index is 0.000000298. The van der Waals surface area contributed by atoms with Crippen LogP contribution >= 0.6 is 0 Å². The third-order valence-electron chi connectivity index (χ3n) is 3.98. The van der Waals surface area contributed by atoms with Gasteiger partial charge in [-0.2, -0.15) is 13.2 Å². The number of halogens is 3. The Morgan fingerprint density at radius 3 is 2.65 bits per heavy atom. The second-order valence-corrected chi connectivity index (χ2v) is 5.83. The maximum absolute atomic E-state index is 11.9. The molecule has 1 amide bonds. The minimum Gasteiger partial charge on any atom is -0.475 e. The van der Waals surface area contributed by atoms with Gasteiger partial charge < -0.3 is 19.2 Å². The molecule has 0 saturated carbocycles. The van der Waals surface area contributed by atoms with Crippen molar-refractivity contribution in [2.45, 2.75) is 24.9 Å². The molecule has 1 N–H and O–H groups in total. The molecule has 3 rings (SSSR count). The van der Waals surface area contributed by atoms with Crippen LogP contribution in [0.4, 0.5) is 13.2 Å². The molecule has 2 atom stereocenters. The molecule has 0 bridgehead atoms. The van der Waals surface area contributed by atoms with E-state index in [1.165, 1.54) is 0 Å². The topological polar surface area (TPSA) is 83.2 Å². The fraction of sp³-hybridized carbons (Fsp3) is 0.500. The third-order valence-corrected chi connectivity index (χ3v) is 3.98. The first-order chi connectivity index (χ1) is 12.2. The van der Waals surface area contributed by atoms with E-state index in [-0.39, 0.29) is 24.7 Å². The molecule has 10 heteroatoms. The zero-order chi connectivity index (χ0) is 19.3. The number of amides is 1. The van der Waals surface area contributed by atoms with Crippen LogP contribution in [0.25, 0.3) is 0 Å². The van der Waals surface area contributed by atoms with E-state index in [1.54, 1.807) is 12.3 Å². The van der Waals surface area contributed by atoms with E-state index in [0.717, 1.165) is 25.4 Å². The molecule has 1 aromatic heterocycles. The average Bonchev–Trinajstić information content (AvgIpc) is 3.20. The van der Waals surface area contributed by atoms with Crippen molar-refractivity contribution in [3.05, 3.63) is 36.8 Å². The first-order valence-electron chi connectivity index (χ1n) is 7.79. The Morgan fingerprint density at radius 2 is 2.12 bits per heavy atom. The van der Waals surface area contributed by atoms with Crippen LogP contribution in [-0.4, -0.2) is 71.3 Å². The van der Waals surface area contributed by atoms with Crippen molar-refractivity contribution in [1.29, 1.82) is 0 Å². The van der Waals surface area contributed by atoms with Crippen LogP contribution < -0.4 is 0 Å². The van der Waals surface area contributed by atoms with Crippen LogP contribution in [-0.2, 0) is 20.9 Å². The predicted octanol–water partition coefficient (Wildman–Crippen LogP) is 1.51. The molecule has 3 heterocycles. The van der Waals surface area contributed by atoms with Crippen LogP contribution in [0.2, 0.25) is 0 Å². The second-order valence-electron chi connectivity index (χ2n) is 5.83. The normalized spacial score (nSPS) is 23.2. The number of hydrogen-bond acceptors (Lipinski definition) is 5. The Labute approximate surface area is 147 Å². The Morgan fingerprint density at radius 1 is 1.42 bits per heavy atom. The number of morpholine rings is 1. The number of alkyl halides is 3. The molecule has 0 spiro atoms. The van der Waals surface area contributed by atoms with E-state index in [2.05, 4.69) is 11.5 Å². The number of ether oxygens (including phenoxy) is 1. The first-order valence-corrected chi connectivity index (χ1v) is 7.79. The van der Waals surface area contributed by atoms with Crippen molar-refractivity contribution in [1.82, 2.24) is 9.80 Å². The molecule has 7 nitrogen and oxygen atoms in total. The van der Waals surface area contributed by atoms with Crippen molar-refractivity contribution in [3.8, 4) is 0 Å². The van der Waals surface area contributed by atoms with Gasteiger partial charge in [-0.3, -0.25) is 9.69 Å². The first kappa shape index (κ1) is 20.0. The summed E-state index contributed by atoms with van der Waals surface area (Å²) in [5.74, 6) is -1.76. The highest BCUT2D eigenvalue weighted by molar-refractivity contribution is 5.79. The lowest BCUT2D eigenvalue weighted by atomic mass is 10.1. The van der Waals surface area contributed by atoms with Gasteiger partial charge in [0.05, 0.1) is 25.0 Å². The summed E-state index contributed by atoms with van der Waals surface area (Å²) in [7, 11) is 0. The minimum absolute atomic E-state index is 0.0565. The minimum atomic E-state index is -5.08. The van der Waals surface area contributed by atoms with Gasteiger partial charge in [-0.1, -0.05) is 6.08 Å². The number of fused-ring (bicyclic) bond motifs is 1. The number of carboxylic acids is 1. The molecule has 0 radical (unpaired) electrons. The highest BCUT2D eigenvalue weighted by Crippen LogP contribution is 2.24. The highest BCUT2D eigenvalue weighted by Gasteiger charge is 2.42. The number of aliphatic carboxylic acids is 1. The second kappa shape index (κ2) is 8.37. The number of likely N-dealkylation sites (tertiary alicyclic amines) is 1. The van der Waals surface area contributed by atoms with E-state index in [1.807, 2.05) is 17.0 Å². The summed E-state index contributed by atoms with van der Waals surface area (Å²) in [6, 6.07) is 3.99. The summed E-state index contributed by atoms with van der Waals surface area (Å²) in [5.41, 5.74) is 0. The Hall–Kier alpha value is -2.33. The number of rotatable bonds is 4. The molecule has 0 aromatic carbocycles. The zero-order valence-corrected chi connectivity index (χ0v) is 13.8. The van der Waals surface area contributed by atoms with Crippen molar-refractivity contribution in [3.63, 3.8) is 0 Å². The summed E-state index contributed by atoms with van der Waals surface area (Å²) in [5, 5.41) is 7.12. The van der Waals surface area contributed by atoms with Crippen molar-refractivity contribution in [2.24, 2.45) is 0 Å². The van der Waals surface area contributed by atoms with Crippen molar-refractivity contribution < 1.29 is 37.0 Å². The highest BCUT2D eigenvalue weighted by atomic mass is 19.4. The van der Waals surface area contributed by atoms with Gasteiger partial charge >= 0.3 is 12.1 Å². The molecule has 2 aliphatic rings. The van der Waals surface area contributed by atoms with Gasteiger partial charge in [-0.05, 0) is 12.1 Å². The number of hydrogen-bond donors (Lipinski definition) is 1. The third kappa shape index (κ3) is 5.09. The van der Waals surface area contributed by atoms with E-state index in [9.17, 15) is 18.0 Å². The summed E-state index contributed by atoms with van der Waals surface area (Å²) in [4.78, 5) is 24.9. The SMILES string of the molecule is C=CCN1C(=O)CO[C@@H]2CN(Cc3ccco3)C[C@H]21.O=C(O)C(F)(F)F. The number of carboxylic acid groups (broad SMARTS) is 1. The standard InChI is InChI=1S/C14H18N2O3.C2HF3O2/c1-2-5-16-12-8-15(7-11-4-3-6-18-11)9-13(12)19-10-14(16)17;3-2(4,5)1(6)7/h2-4,6,12-13H,1,5,7-10H2;(H,6,7)/t12-,13-;/m1./s1. The van der Waals surface area contributed by atoms with Crippen LogP contribution in [0, 0.1) is 0 Å². The fourth-order valence-electron chi connectivity index (χ4n) is 2.87. The molecule has 26 heavy (non-hydrogen) atoms. The van der Waals surface area contributed by atoms with E-state index < -0.39 is 12.1 Å². The van der Waals surface area contributed by atoms with Crippen LogP contribution in [0.15, 0.2) is 35.5 Å². The fourth-order valence-corrected chi connectivity index (χ4v) is 2.87. The smallest absolute Gasteiger partial charge is 0.475 e. The molecule has 2 fully saturated rings. The van der Waals surface area contributed by atoms with Gasteiger partial charge in [0.15, 0.2) is 0 Å². The van der Waals surface area contributed by atoms with Crippen LogP contribution in [0.5, 0.6) is 0 Å².